The smallest absolute Gasteiger partial charge is 0.242 e. The SMILES string of the molecule is Cc1cc(C)cc(NC(=O)C(Sc2nnnn2C2CC2)c2ccccc2)c1. The van der Waals surface area contributed by atoms with Crippen LogP contribution in [0, 0.1) is 13.8 Å². The fourth-order valence-corrected chi connectivity index (χ4v) is 4.12. The first-order chi connectivity index (χ1) is 13.1. The molecule has 1 N–H and O–H groups in total. The summed E-state index contributed by atoms with van der Waals surface area (Å²) < 4.78 is 1.84. The highest BCUT2D eigenvalue weighted by molar-refractivity contribution is 8.00. The molecule has 27 heavy (non-hydrogen) atoms. The molecule has 0 aliphatic heterocycles. The fraction of sp³-hybridized carbons (Fsp3) is 0.300. The molecule has 2 aromatic carbocycles. The summed E-state index contributed by atoms with van der Waals surface area (Å²) in [4.78, 5) is 13.1. The maximum absolute atomic E-state index is 13.1. The van der Waals surface area contributed by atoms with Crippen molar-refractivity contribution in [3.05, 3.63) is 65.2 Å². The van der Waals surface area contributed by atoms with Crippen molar-refractivity contribution in [3.63, 3.8) is 0 Å². The Morgan fingerprint density at radius 1 is 1.15 bits per heavy atom. The Bertz CT molecular complexity index is 932. The molecular formula is C20H21N5OS. The topological polar surface area (TPSA) is 72.7 Å². The number of carbonyl (C=O) groups excluding carboxylic acids is 1. The van der Waals surface area contributed by atoms with Crippen LogP contribution >= 0.6 is 11.8 Å². The Balaban J connectivity index is 1.61. The van der Waals surface area contributed by atoms with E-state index in [2.05, 4.69) is 26.9 Å². The van der Waals surface area contributed by atoms with E-state index in [4.69, 9.17) is 0 Å². The summed E-state index contributed by atoms with van der Waals surface area (Å²) in [6.45, 7) is 4.05. The number of nitrogens with one attached hydrogen (secondary N) is 1. The average Bonchev–Trinajstić information content (AvgIpc) is 3.38. The van der Waals surface area contributed by atoms with Crippen LogP contribution in [0.5, 0.6) is 0 Å². The quantitative estimate of drug-likeness (QED) is 0.653. The Morgan fingerprint density at radius 3 is 2.52 bits per heavy atom. The lowest BCUT2D eigenvalue weighted by Gasteiger charge is -2.17. The summed E-state index contributed by atoms with van der Waals surface area (Å²) in [6, 6.07) is 16.2. The number of anilines is 1. The van der Waals surface area contributed by atoms with E-state index >= 15 is 0 Å². The minimum atomic E-state index is -0.435. The van der Waals surface area contributed by atoms with Crippen molar-refractivity contribution < 1.29 is 4.79 Å². The van der Waals surface area contributed by atoms with Crippen LogP contribution in [0.4, 0.5) is 5.69 Å². The molecule has 0 bridgehead atoms. The third kappa shape index (κ3) is 4.19. The predicted octanol–water partition coefficient (Wildman–Crippen LogP) is 4.10. The van der Waals surface area contributed by atoms with Gasteiger partial charge in [0.2, 0.25) is 11.1 Å². The van der Waals surface area contributed by atoms with Gasteiger partial charge in [-0.1, -0.05) is 48.2 Å². The Morgan fingerprint density at radius 2 is 1.85 bits per heavy atom. The van der Waals surface area contributed by atoms with Gasteiger partial charge in [-0.2, -0.15) is 0 Å². The zero-order chi connectivity index (χ0) is 18.8. The molecule has 138 valence electrons. The number of hydrogen-bond acceptors (Lipinski definition) is 5. The zero-order valence-electron chi connectivity index (χ0n) is 15.3. The summed E-state index contributed by atoms with van der Waals surface area (Å²) in [6.07, 6.45) is 2.17. The second kappa shape index (κ2) is 7.52. The van der Waals surface area contributed by atoms with Crippen LogP contribution < -0.4 is 5.32 Å². The van der Waals surface area contributed by atoms with Gasteiger partial charge in [0.25, 0.3) is 0 Å². The maximum Gasteiger partial charge on any atom is 0.242 e. The molecule has 1 heterocycles. The molecule has 1 aliphatic rings. The highest BCUT2D eigenvalue weighted by Gasteiger charge is 2.31. The number of nitrogens with zero attached hydrogens (tertiary/aromatic N) is 4. The molecule has 1 aromatic heterocycles. The lowest BCUT2D eigenvalue weighted by molar-refractivity contribution is -0.115. The second-order valence-electron chi connectivity index (χ2n) is 6.91. The molecule has 1 amide bonds. The van der Waals surface area contributed by atoms with E-state index in [0.717, 1.165) is 35.2 Å². The third-order valence-corrected chi connectivity index (χ3v) is 5.61. The number of carbonyl (C=O) groups is 1. The number of aryl methyl sites for hydroxylation is 2. The van der Waals surface area contributed by atoms with Crippen molar-refractivity contribution in [1.29, 1.82) is 0 Å². The molecule has 0 saturated heterocycles. The van der Waals surface area contributed by atoms with Gasteiger partial charge in [-0.3, -0.25) is 4.79 Å². The molecule has 6 nitrogen and oxygen atoms in total. The van der Waals surface area contributed by atoms with Gasteiger partial charge in [0.1, 0.15) is 5.25 Å². The van der Waals surface area contributed by atoms with Crippen LogP contribution in [0.1, 0.15) is 40.8 Å². The predicted molar refractivity (Wildman–Crippen MR) is 106 cm³/mol. The van der Waals surface area contributed by atoms with Crippen molar-refractivity contribution in [2.75, 3.05) is 5.32 Å². The molecule has 0 radical (unpaired) electrons. The summed E-state index contributed by atoms with van der Waals surface area (Å²) in [5.74, 6) is -0.0819. The maximum atomic E-state index is 13.1. The number of thioether (sulfide) groups is 1. The molecule has 1 aliphatic carbocycles. The summed E-state index contributed by atoms with van der Waals surface area (Å²) in [5.41, 5.74) is 3.97. The van der Waals surface area contributed by atoms with E-state index < -0.39 is 5.25 Å². The van der Waals surface area contributed by atoms with Gasteiger partial charge < -0.3 is 5.32 Å². The van der Waals surface area contributed by atoms with Crippen LogP contribution in [0.2, 0.25) is 0 Å². The second-order valence-corrected chi connectivity index (χ2v) is 7.98. The van der Waals surface area contributed by atoms with Crippen molar-refractivity contribution in [2.45, 2.75) is 43.1 Å². The van der Waals surface area contributed by atoms with E-state index in [9.17, 15) is 4.79 Å². The number of rotatable bonds is 6. The third-order valence-electron chi connectivity index (χ3n) is 4.41. The number of hydrogen-bond donors (Lipinski definition) is 1. The standard InChI is InChI=1S/C20H21N5OS/c1-13-10-14(2)12-16(11-13)21-19(26)18(15-6-4-3-5-7-15)27-20-22-23-24-25(20)17-8-9-17/h3-7,10-12,17-18H,8-9H2,1-2H3,(H,21,26). The average molecular weight is 379 g/mol. The first-order valence-corrected chi connectivity index (χ1v) is 9.87. The monoisotopic (exact) mass is 379 g/mol. The Kier molecular flexibility index (Phi) is 4.94. The molecule has 0 spiro atoms. The lowest BCUT2D eigenvalue weighted by atomic mass is 10.1. The van der Waals surface area contributed by atoms with Gasteiger partial charge in [0.05, 0.1) is 6.04 Å². The number of tetrazole rings is 1. The first-order valence-electron chi connectivity index (χ1n) is 8.99. The van der Waals surface area contributed by atoms with Gasteiger partial charge in [-0.15, -0.1) is 5.10 Å². The molecule has 1 unspecified atom stereocenters. The van der Waals surface area contributed by atoms with Crippen LogP contribution in [-0.4, -0.2) is 26.1 Å². The van der Waals surface area contributed by atoms with Gasteiger partial charge in [0, 0.05) is 5.69 Å². The van der Waals surface area contributed by atoms with E-state index in [0.29, 0.717) is 11.2 Å². The molecule has 1 saturated carbocycles. The van der Waals surface area contributed by atoms with Crippen molar-refractivity contribution in [1.82, 2.24) is 20.2 Å². The summed E-state index contributed by atoms with van der Waals surface area (Å²) >= 11 is 1.39. The van der Waals surface area contributed by atoms with Crippen molar-refractivity contribution >= 4 is 23.4 Å². The van der Waals surface area contributed by atoms with Crippen molar-refractivity contribution in [2.24, 2.45) is 0 Å². The molecule has 1 atom stereocenters. The van der Waals surface area contributed by atoms with E-state index in [1.807, 2.05) is 61.0 Å². The number of aromatic nitrogens is 4. The van der Waals surface area contributed by atoms with E-state index in [1.165, 1.54) is 11.8 Å². The van der Waals surface area contributed by atoms with Gasteiger partial charge >= 0.3 is 0 Å². The lowest BCUT2D eigenvalue weighted by Crippen LogP contribution is -2.19. The van der Waals surface area contributed by atoms with Gasteiger partial charge in [0.15, 0.2) is 0 Å². The minimum absolute atomic E-state index is 0.0819. The van der Waals surface area contributed by atoms with Crippen LogP contribution in [0.15, 0.2) is 53.7 Å². The molecule has 7 heteroatoms. The van der Waals surface area contributed by atoms with Crippen LogP contribution in [0.25, 0.3) is 0 Å². The van der Waals surface area contributed by atoms with Gasteiger partial charge in [-0.05, 0) is 65.9 Å². The van der Waals surface area contributed by atoms with E-state index in [-0.39, 0.29) is 5.91 Å². The normalized spacial score (nSPS) is 14.7. The molecule has 3 aromatic rings. The van der Waals surface area contributed by atoms with Crippen LogP contribution in [0.3, 0.4) is 0 Å². The highest BCUT2D eigenvalue weighted by Crippen LogP contribution is 2.40. The summed E-state index contributed by atoms with van der Waals surface area (Å²) in [7, 11) is 0. The molecule has 4 rings (SSSR count). The Labute approximate surface area is 162 Å². The summed E-state index contributed by atoms with van der Waals surface area (Å²) in [5, 5.41) is 15.4. The highest BCUT2D eigenvalue weighted by atomic mass is 32.2. The van der Waals surface area contributed by atoms with Gasteiger partial charge in [-0.25, -0.2) is 4.68 Å². The zero-order valence-corrected chi connectivity index (χ0v) is 16.1. The van der Waals surface area contributed by atoms with Crippen LogP contribution in [-0.2, 0) is 4.79 Å². The minimum Gasteiger partial charge on any atom is -0.325 e. The molecule has 1 fully saturated rings. The van der Waals surface area contributed by atoms with E-state index in [1.54, 1.807) is 0 Å². The number of amides is 1. The molecular weight excluding hydrogens is 358 g/mol. The first kappa shape index (κ1) is 17.7. The van der Waals surface area contributed by atoms with Crippen molar-refractivity contribution in [3.8, 4) is 0 Å². The largest absolute Gasteiger partial charge is 0.325 e. The number of benzene rings is 2. The fourth-order valence-electron chi connectivity index (χ4n) is 3.07. The Hall–Kier alpha value is -2.67.